The van der Waals surface area contributed by atoms with Crippen LogP contribution in [-0.4, -0.2) is 31.1 Å². The van der Waals surface area contributed by atoms with Crippen LogP contribution in [0, 0.1) is 35.5 Å². The van der Waals surface area contributed by atoms with Gasteiger partial charge >= 0.3 is 102 Å². The Bertz CT molecular complexity index is 509. The number of fused-ring (bicyclic) bond motifs is 5. The molecule has 3 rings (SSSR count). The van der Waals surface area contributed by atoms with Crippen molar-refractivity contribution in [2.24, 2.45) is 23.7 Å². The van der Waals surface area contributed by atoms with Crippen molar-refractivity contribution in [3.8, 4) is 11.8 Å². The first-order valence-electron chi connectivity index (χ1n) is 5.36. The Balaban J connectivity index is 0.00000108. The van der Waals surface area contributed by atoms with Crippen LogP contribution in [0.1, 0.15) is 6.42 Å². The summed E-state index contributed by atoms with van der Waals surface area (Å²) >= 11 is 3.09. The molecule has 1 radical (unpaired) electrons. The number of hydrogen-bond donors (Lipinski definition) is 1. The van der Waals surface area contributed by atoms with Crippen LogP contribution < -0.4 is 0 Å². The molecule has 3 aliphatic carbocycles. The summed E-state index contributed by atoms with van der Waals surface area (Å²) in [5, 5.41) is 8.55. The summed E-state index contributed by atoms with van der Waals surface area (Å²) in [6.07, 6.45) is 7.99. The van der Waals surface area contributed by atoms with Gasteiger partial charge in [-0.3, -0.25) is 0 Å². The Morgan fingerprint density at radius 1 is 1.41 bits per heavy atom. The molecule has 0 heterocycles. The topological polar surface area (TPSA) is 37.3 Å². The molecule has 87 valence electrons. The van der Waals surface area contributed by atoms with Crippen molar-refractivity contribution in [2.75, 3.05) is 0 Å². The normalized spacial score (nSPS) is 35.8. The molecule has 0 aromatic heterocycles. The van der Waals surface area contributed by atoms with Crippen molar-refractivity contribution in [3.05, 3.63) is 23.8 Å². The van der Waals surface area contributed by atoms with Gasteiger partial charge in [-0.05, 0) is 0 Å². The van der Waals surface area contributed by atoms with Gasteiger partial charge in [0.1, 0.15) is 0 Å². The van der Waals surface area contributed by atoms with Gasteiger partial charge in [0.2, 0.25) is 0 Å². The first-order valence-corrected chi connectivity index (χ1v) is 6.22. The van der Waals surface area contributed by atoms with Crippen LogP contribution in [0.2, 0.25) is 0 Å². The van der Waals surface area contributed by atoms with Crippen molar-refractivity contribution in [1.82, 2.24) is 0 Å². The van der Waals surface area contributed by atoms with Crippen molar-refractivity contribution in [2.45, 2.75) is 6.42 Å². The minimum Gasteiger partial charge on any atom is 0 e. The summed E-state index contributed by atoms with van der Waals surface area (Å²) < 4.78 is 1.16. The van der Waals surface area contributed by atoms with Gasteiger partial charge in [0, 0.05) is 20.4 Å². The van der Waals surface area contributed by atoms with E-state index in [1.54, 1.807) is 0 Å². The molecule has 1 saturated carbocycles. The smallest absolute Gasteiger partial charge is 0 e. The quantitative estimate of drug-likeness (QED) is 0.328. The van der Waals surface area contributed by atoms with E-state index in [0.29, 0.717) is 23.7 Å². The third kappa shape index (κ3) is 2.03. The van der Waals surface area contributed by atoms with E-state index >= 15 is 0 Å². The van der Waals surface area contributed by atoms with Crippen LogP contribution in [-0.2, 0) is 25.2 Å². The van der Waals surface area contributed by atoms with E-state index in [1.165, 1.54) is 6.42 Å². The molecule has 0 saturated heterocycles. The fourth-order valence-corrected chi connectivity index (χ4v) is 4.08. The second-order valence-corrected chi connectivity index (χ2v) is 5.47. The largest absolute Gasteiger partial charge is 0 e. The van der Waals surface area contributed by atoms with Gasteiger partial charge in [-0.1, -0.05) is 0 Å². The fraction of sp³-hybridized carbons (Fsp3) is 0.385. The number of carbonyl (C=O) groups is 1. The third-order valence-electron chi connectivity index (χ3n) is 3.75. The number of hydrogen-bond acceptors (Lipinski definition) is 1. The van der Waals surface area contributed by atoms with E-state index in [-0.39, 0.29) is 20.4 Å². The standard InChI is InChI=1S/C13H10O2Se.Re/c14-11(15)4-3-9-6-10-7-1-2-8(5-7)12(10)13(9)16;/h1-2,6-8,10,12H,5H2,(H,14,15);. The Morgan fingerprint density at radius 2 is 2.12 bits per heavy atom. The summed E-state index contributed by atoms with van der Waals surface area (Å²) in [5.41, 5.74) is 0.899. The molecule has 1 N–H and O–H groups in total. The average Bonchev–Trinajstić information content (AvgIpc) is 2.88. The zero-order valence-electron chi connectivity index (χ0n) is 8.89. The van der Waals surface area contributed by atoms with E-state index in [2.05, 4.69) is 45.6 Å². The average molecular weight is 463 g/mol. The third-order valence-corrected chi connectivity index (χ3v) is 4.78. The maximum atomic E-state index is 10.4. The van der Waals surface area contributed by atoms with Gasteiger partial charge in [-0.25, -0.2) is 0 Å². The molecule has 4 heteroatoms. The summed E-state index contributed by atoms with van der Waals surface area (Å²) in [6, 6.07) is 0. The maximum absolute atomic E-state index is 10.4. The first-order chi connectivity index (χ1) is 7.66. The van der Waals surface area contributed by atoms with E-state index in [1.807, 2.05) is 0 Å². The van der Waals surface area contributed by atoms with E-state index < -0.39 is 5.97 Å². The van der Waals surface area contributed by atoms with Crippen LogP contribution in [0.25, 0.3) is 0 Å². The van der Waals surface area contributed by atoms with Crippen LogP contribution in [0.5, 0.6) is 0 Å². The number of allylic oxidation sites excluding steroid dienone is 4. The zero-order valence-corrected chi connectivity index (χ0v) is 13.3. The van der Waals surface area contributed by atoms with Gasteiger partial charge in [0.25, 0.3) is 0 Å². The Labute approximate surface area is 122 Å². The second-order valence-electron chi connectivity index (χ2n) is 4.55. The Kier molecular flexibility index (Phi) is 3.58. The fourth-order valence-electron chi connectivity index (χ4n) is 3.14. The molecular formula is C13H10O2ReSe. The summed E-state index contributed by atoms with van der Waals surface area (Å²) in [7, 11) is 0. The predicted molar refractivity (Wildman–Crippen MR) is 62.0 cm³/mol. The summed E-state index contributed by atoms with van der Waals surface area (Å²) in [4.78, 5) is 10.4. The van der Waals surface area contributed by atoms with Crippen molar-refractivity contribution in [1.29, 1.82) is 0 Å². The molecule has 2 nitrogen and oxygen atoms in total. The van der Waals surface area contributed by atoms with Crippen LogP contribution in [0.4, 0.5) is 0 Å². The van der Waals surface area contributed by atoms with Crippen molar-refractivity contribution < 1.29 is 30.3 Å². The number of carboxylic acids is 1. The van der Waals surface area contributed by atoms with E-state index in [4.69, 9.17) is 5.11 Å². The van der Waals surface area contributed by atoms with Gasteiger partial charge in [-0.2, -0.15) is 0 Å². The molecule has 4 unspecified atom stereocenters. The Hall–Kier alpha value is -0.438. The van der Waals surface area contributed by atoms with Crippen LogP contribution in [0.3, 0.4) is 0 Å². The van der Waals surface area contributed by atoms with Crippen molar-refractivity contribution in [3.63, 3.8) is 0 Å². The molecule has 0 aromatic rings. The summed E-state index contributed by atoms with van der Waals surface area (Å²) in [5.74, 6) is 6.23. The summed E-state index contributed by atoms with van der Waals surface area (Å²) in [6.45, 7) is 0. The molecule has 4 atom stereocenters. The first kappa shape index (κ1) is 13.0. The van der Waals surface area contributed by atoms with Crippen molar-refractivity contribution >= 4 is 26.0 Å². The molecule has 2 bridgehead atoms. The monoisotopic (exact) mass is 465 g/mol. The van der Waals surface area contributed by atoms with Gasteiger partial charge in [0.15, 0.2) is 0 Å². The van der Waals surface area contributed by atoms with Crippen LogP contribution >= 0.6 is 0 Å². The zero-order chi connectivity index (χ0) is 11.3. The maximum Gasteiger partial charge on any atom is 0 e. The number of rotatable bonds is 0. The molecule has 0 aromatic carbocycles. The molecule has 0 amide bonds. The molecule has 0 aliphatic heterocycles. The van der Waals surface area contributed by atoms with E-state index in [0.717, 1.165) is 9.99 Å². The minimum absolute atomic E-state index is 0. The molecule has 3 aliphatic rings. The molecule has 0 spiro atoms. The molecular weight excluding hydrogens is 453 g/mol. The predicted octanol–water partition coefficient (Wildman–Crippen LogP) is 0.791. The van der Waals surface area contributed by atoms with Gasteiger partial charge in [0.05, 0.1) is 0 Å². The molecule has 1 fully saturated rings. The SMILES string of the molecule is O=C(O)C#CC1=CC2C3C=CC(C3)C2C1=[Se].[Re]. The Morgan fingerprint density at radius 3 is 2.76 bits per heavy atom. The molecule has 17 heavy (non-hydrogen) atoms. The van der Waals surface area contributed by atoms with Gasteiger partial charge in [-0.15, -0.1) is 0 Å². The number of aliphatic carboxylic acids is 1. The number of carboxylic acid groups (broad SMARTS) is 1. The van der Waals surface area contributed by atoms with E-state index in [9.17, 15) is 4.79 Å². The van der Waals surface area contributed by atoms with Crippen LogP contribution in [0.15, 0.2) is 23.8 Å². The van der Waals surface area contributed by atoms with Gasteiger partial charge < -0.3 is 0 Å². The second kappa shape index (κ2) is 4.68. The minimum atomic E-state index is -1.06.